The predicted octanol–water partition coefficient (Wildman–Crippen LogP) is 3.64. The first-order chi connectivity index (χ1) is 12.3. The first-order valence-corrected chi connectivity index (χ1v) is 7.82. The Hall–Kier alpha value is -3.23. The van der Waals surface area contributed by atoms with Crippen molar-refractivity contribution in [2.45, 2.75) is 25.1 Å². The van der Waals surface area contributed by atoms with E-state index in [9.17, 15) is 23.7 Å². The second-order valence-corrected chi connectivity index (χ2v) is 6.39. The summed E-state index contributed by atoms with van der Waals surface area (Å²) < 4.78 is 33.4. The lowest BCUT2D eigenvalue weighted by Crippen LogP contribution is -2.65. The van der Waals surface area contributed by atoms with Crippen LogP contribution in [-0.2, 0) is 0 Å². The van der Waals surface area contributed by atoms with Gasteiger partial charge in [-0.1, -0.05) is 0 Å². The first-order valence-electron chi connectivity index (χ1n) is 7.82. The fourth-order valence-corrected chi connectivity index (χ4v) is 3.50. The van der Waals surface area contributed by atoms with Gasteiger partial charge in [0.1, 0.15) is 17.4 Å². The van der Waals surface area contributed by atoms with Crippen LogP contribution < -0.4 is 15.0 Å². The molecule has 7 nitrogen and oxygen atoms in total. The van der Waals surface area contributed by atoms with E-state index in [0.717, 1.165) is 11.0 Å². The van der Waals surface area contributed by atoms with Crippen LogP contribution in [0.3, 0.4) is 0 Å². The summed E-state index contributed by atoms with van der Waals surface area (Å²) >= 11 is 0. The van der Waals surface area contributed by atoms with Crippen LogP contribution in [-0.4, -0.2) is 16.7 Å². The number of nitro groups is 1. The van der Waals surface area contributed by atoms with E-state index >= 15 is 0 Å². The molecule has 2 bridgehead atoms. The first kappa shape index (κ1) is 16.2. The number of halogens is 2. The highest BCUT2D eigenvalue weighted by atomic mass is 19.1. The smallest absolute Gasteiger partial charge is 0.325 e. The second-order valence-electron chi connectivity index (χ2n) is 6.39. The Morgan fingerprint density at radius 3 is 2.77 bits per heavy atom. The Morgan fingerprint density at radius 2 is 2.08 bits per heavy atom. The van der Waals surface area contributed by atoms with Gasteiger partial charge in [-0.2, -0.15) is 0 Å². The number of non-ortho nitro benzene ring substituents is 1. The number of hydrogen-bond donors (Lipinski definition) is 1. The van der Waals surface area contributed by atoms with Gasteiger partial charge < -0.3 is 10.1 Å². The number of fused-ring (bicyclic) bond motifs is 4. The molecule has 0 aliphatic carbocycles. The van der Waals surface area contributed by atoms with Gasteiger partial charge in [-0.25, -0.2) is 13.6 Å². The van der Waals surface area contributed by atoms with Crippen LogP contribution >= 0.6 is 0 Å². The van der Waals surface area contributed by atoms with Crippen molar-refractivity contribution < 1.29 is 23.2 Å². The number of hydrogen-bond acceptors (Lipinski definition) is 4. The lowest BCUT2D eigenvalue weighted by molar-refractivity contribution is -0.385. The molecule has 4 rings (SSSR count). The maximum Gasteiger partial charge on any atom is 0.325 e. The number of nitrogens with zero attached hydrogens (tertiary/aromatic N) is 2. The Labute approximate surface area is 146 Å². The number of ether oxygens (including phenoxy) is 1. The highest BCUT2D eigenvalue weighted by Crippen LogP contribution is 2.46. The third-order valence-corrected chi connectivity index (χ3v) is 4.62. The average Bonchev–Trinajstić information content (AvgIpc) is 2.55. The molecule has 2 aromatic carbocycles. The summed E-state index contributed by atoms with van der Waals surface area (Å²) in [4.78, 5) is 24.2. The minimum absolute atomic E-state index is 0.114. The zero-order chi connectivity index (χ0) is 18.6. The molecule has 1 fully saturated rings. The minimum Gasteiger partial charge on any atom is -0.467 e. The average molecular weight is 361 g/mol. The minimum atomic E-state index is -1.23. The van der Waals surface area contributed by atoms with Crippen molar-refractivity contribution in [2.75, 3.05) is 4.90 Å². The molecule has 0 aromatic heterocycles. The zero-order valence-electron chi connectivity index (χ0n) is 13.5. The van der Waals surface area contributed by atoms with Crippen molar-refractivity contribution in [3.8, 4) is 5.75 Å². The molecule has 1 N–H and O–H groups in total. The summed E-state index contributed by atoms with van der Waals surface area (Å²) in [6, 6.07) is 5.88. The van der Waals surface area contributed by atoms with E-state index in [1.807, 2.05) is 0 Å². The number of urea groups is 1. The summed E-state index contributed by atoms with van der Waals surface area (Å²) in [6.07, 6.45) is 0.240. The van der Waals surface area contributed by atoms with Gasteiger partial charge in [0, 0.05) is 30.2 Å². The second kappa shape index (κ2) is 5.38. The van der Waals surface area contributed by atoms with E-state index in [-0.39, 0.29) is 17.8 Å². The number of carbonyl (C=O) groups is 1. The summed E-state index contributed by atoms with van der Waals surface area (Å²) in [5.41, 5.74) is -0.967. The number of amides is 2. The fourth-order valence-electron chi connectivity index (χ4n) is 3.50. The van der Waals surface area contributed by atoms with E-state index in [4.69, 9.17) is 4.74 Å². The molecule has 2 aromatic rings. The van der Waals surface area contributed by atoms with E-state index in [1.165, 1.54) is 24.3 Å². The summed E-state index contributed by atoms with van der Waals surface area (Å²) in [7, 11) is 0. The monoisotopic (exact) mass is 361 g/mol. The fraction of sp³-hybridized carbons (Fsp3) is 0.235. The molecule has 0 spiro atoms. The third-order valence-electron chi connectivity index (χ3n) is 4.62. The van der Waals surface area contributed by atoms with Gasteiger partial charge in [-0.3, -0.25) is 15.0 Å². The van der Waals surface area contributed by atoms with Gasteiger partial charge in [0.2, 0.25) is 0 Å². The van der Waals surface area contributed by atoms with Gasteiger partial charge in [0.05, 0.1) is 16.7 Å². The Balaban J connectivity index is 1.79. The Morgan fingerprint density at radius 1 is 1.31 bits per heavy atom. The van der Waals surface area contributed by atoms with Gasteiger partial charge in [-0.05, 0) is 25.1 Å². The topological polar surface area (TPSA) is 84.7 Å². The van der Waals surface area contributed by atoms with E-state index in [1.54, 1.807) is 6.92 Å². The number of benzene rings is 2. The predicted molar refractivity (Wildman–Crippen MR) is 86.9 cm³/mol. The molecule has 9 heteroatoms. The van der Waals surface area contributed by atoms with Crippen LogP contribution in [0.4, 0.5) is 25.0 Å². The largest absolute Gasteiger partial charge is 0.467 e. The third kappa shape index (κ3) is 2.35. The molecule has 2 atom stereocenters. The molecule has 0 unspecified atom stereocenters. The van der Waals surface area contributed by atoms with E-state index in [0.29, 0.717) is 17.4 Å². The molecule has 2 amide bonds. The molecule has 2 aliphatic heterocycles. The molecule has 0 radical (unpaired) electrons. The molecule has 0 saturated carbocycles. The maximum atomic E-state index is 14.2. The summed E-state index contributed by atoms with van der Waals surface area (Å²) in [5.74, 6) is -1.28. The number of nitrogens with one attached hydrogen (secondary N) is 1. The summed E-state index contributed by atoms with van der Waals surface area (Å²) in [5, 5.41) is 13.7. The van der Waals surface area contributed by atoms with Crippen molar-refractivity contribution in [3.63, 3.8) is 0 Å². The number of rotatable bonds is 2. The van der Waals surface area contributed by atoms with Crippen LogP contribution in [0.15, 0.2) is 36.4 Å². The quantitative estimate of drug-likeness (QED) is 0.654. The molecule has 2 aliphatic rings. The molecular formula is C17H13F2N3O4. The number of nitro benzene ring substituents is 1. The zero-order valence-corrected chi connectivity index (χ0v) is 13.5. The van der Waals surface area contributed by atoms with Gasteiger partial charge in [-0.15, -0.1) is 0 Å². The van der Waals surface area contributed by atoms with Gasteiger partial charge in [0.25, 0.3) is 5.69 Å². The normalized spacial score (nSPS) is 23.7. The van der Waals surface area contributed by atoms with Crippen LogP contribution in [0.2, 0.25) is 0 Å². The highest BCUT2D eigenvalue weighted by molar-refractivity contribution is 5.95. The molecule has 1 saturated heterocycles. The van der Waals surface area contributed by atoms with Crippen LogP contribution in [0, 0.1) is 21.7 Å². The molecular weight excluding hydrogens is 348 g/mol. The van der Waals surface area contributed by atoms with Crippen molar-refractivity contribution in [1.82, 2.24) is 5.32 Å². The molecule has 134 valence electrons. The standard InChI is InChI=1S/C17H13F2N3O4/c1-17-8-13(11-7-10(22(24)25)3-5-15(11)26-17)20-16(23)21(17)14-4-2-9(18)6-12(14)19/h2-7,13H,8H2,1H3,(H,20,23)/t13-,17-/m1/s1. The highest BCUT2D eigenvalue weighted by Gasteiger charge is 2.50. The number of carbonyl (C=O) groups excluding carboxylic acids is 1. The van der Waals surface area contributed by atoms with Crippen molar-refractivity contribution >= 4 is 17.4 Å². The Kier molecular flexibility index (Phi) is 3.36. The van der Waals surface area contributed by atoms with Crippen LogP contribution in [0.25, 0.3) is 0 Å². The Bertz CT molecular complexity index is 952. The SMILES string of the molecule is C[C@@]12C[C@@H](NC(=O)N1c1ccc(F)cc1F)c1cc([N+](=O)[O-])ccc1O2. The number of anilines is 1. The lowest BCUT2D eigenvalue weighted by atomic mass is 9.90. The van der Waals surface area contributed by atoms with Crippen molar-refractivity contribution in [2.24, 2.45) is 0 Å². The van der Waals surface area contributed by atoms with Crippen molar-refractivity contribution in [1.29, 1.82) is 0 Å². The molecule has 2 heterocycles. The van der Waals surface area contributed by atoms with E-state index < -0.39 is 34.4 Å². The summed E-state index contributed by atoms with van der Waals surface area (Å²) in [6.45, 7) is 1.62. The van der Waals surface area contributed by atoms with Crippen LogP contribution in [0.5, 0.6) is 5.75 Å². The van der Waals surface area contributed by atoms with Gasteiger partial charge in [0.15, 0.2) is 5.72 Å². The molecule has 26 heavy (non-hydrogen) atoms. The lowest BCUT2D eigenvalue weighted by Gasteiger charge is -2.50. The maximum absolute atomic E-state index is 14.2. The van der Waals surface area contributed by atoms with Crippen molar-refractivity contribution in [3.05, 3.63) is 63.7 Å². The van der Waals surface area contributed by atoms with Gasteiger partial charge >= 0.3 is 6.03 Å². The van der Waals surface area contributed by atoms with E-state index in [2.05, 4.69) is 5.32 Å². The van der Waals surface area contributed by atoms with Crippen LogP contribution in [0.1, 0.15) is 24.9 Å².